The number of rotatable bonds is 11. The maximum Gasteiger partial charge on any atom is 0.205 e. The van der Waals surface area contributed by atoms with Crippen LogP contribution in [0.1, 0.15) is 70.4 Å². The van der Waals surface area contributed by atoms with Crippen molar-refractivity contribution in [3.8, 4) is 11.5 Å². The molecule has 6 rings (SSSR count). The first-order valence-electron chi connectivity index (χ1n) is 15.0. The second-order valence-corrected chi connectivity index (χ2v) is 11.2. The largest absolute Gasteiger partial charge is 0.494 e. The van der Waals surface area contributed by atoms with Crippen LogP contribution in [0.25, 0.3) is 0 Å². The van der Waals surface area contributed by atoms with Gasteiger partial charge in [0.05, 0.1) is 49.6 Å². The van der Waals surface area contributed by atoms with Crippen molar-refractivity contribution in [2.24, 2.45) is 0 Å². The van der Waals surface area contributed by atoms with Crippen LogP contribution >= 0.6 is 0 Å². The van der Waals surface area contributed by atoms with Gasteiger partial charge in [-0.15, -0.1) is 0 Å². The predicted octanol–water partition coefficient (Wildman–Crippen LogP) is 5.53. The van der Waals surface area contributed by atoms with Crippen LogP contribution in [0.2, 0.25) is 0 Å². The second kappa shape index (κ2) is 12.3. The number of ether oxygens (including phenoxy) is 2. The first kappa shape index (κ1) is 27.9. The normalized spacial score (nSPS) is 16.7. The molecule has 2 atom stereocenters. The molecule has 0 saturated heterocycles. The predicted molar refractivity (Wildman–Crippen MR) is 164 cm³/mol. The van der Waals surface area contributed by atoms with E-state index >= 15 is 0 Å². The Morgan fingerprint density at radius 1 is 0.476 bits per heavy atom. The molecule has 42 heavy (non-hydrogen) atoms. The van der Waals surface area contributed by atoms with E-state index in [0.29, 0.717) is 13.2 Å². The third kappa shape index (κ3) is 5.48. The first-order valence-corrected chi connectivity index (χ1v) is 15.0. The van der Waals surface area contributed by atoms with Crippen LogP contribution in [0, 0.1) is 0 Å². The molecule has 0 fully saturated rings. The zero-order valence-electron chi connectivity index (χ0n) is 24.4. The summed E-state index contributed by atoms with van der Waals surface area (Å²) in [5.74, 6) is 1.65. The smallest absolute Gasteiger partial charge is 0.205 e. The highest BCUT2D eigenvalue weighted by Gasteiger charge is 2.32. The molecule has 4 aromatic carbocycles. The average molecular weight is 563 g/mol. The van der Waals surface area contributed by atoms with E-state index in [9.17, 15) is 9.59 Å². The lowest BCUT2D eigenvalue weighted by Gasteiger charge is -2.23. The molecular formula is C36H38N2O4+2. The quantitative estimate of drug-likeness (QED) is 0.236. The minimum atomic E-state index is 0.0696. The number of benzene rings is 4. The molecule has 2 heterocycles. The van der Waals surface area contributed by atoms with E-state index in [0.717, 1.165) is 105 Å². The van der Waals surface area contributed by atoms with E-state index in [1.54, 1.807) is 0 Å². The summed E-state index contributed by atoms with van der Waals surface area (Å²) >= 11 is 0. The summed E-state index contributed by atoms with van der Waals surface area (Å²) in [4.78, 5) is 28.3. The minimum Gasteiger partial charge on any atom is -0.494 e. The Morgan fingerprint density at radius 2 is 0.857 bits per heavy atom. The molecule has 6 nitrogen and oxygen atoms in total. The van der Waals surface area contributed by atoms with E-state index < -0.39 is 0 Å². The van der Waals surface area contributed by atoms with Crippen molar-refractivity contribution in [3.05, 3.63) is 107 Å². The van der Waals surface area contributed by atoms with Gasteiger partial charge in [0.2, 0.25) is 11.6 Å². The average Bonchev–Trinajstić information content (AvgIpc) is 3.03. The van der Waals surface area contributed by atoms with Gasteiger partial charge in [-0.2, -0.15) is 0 Å². The van der Waals surface area contributed by atoms with Crippen molar-refractivity contribution in [1.29, 1.82) is 0 Å². The lowest BCUT2D eigenvalue weighted by molar-refractivity contribution is -0.736. The Kier molecular flexibility index (Phi) is 8.17. The third-order valence-corrected chi connectivity index (χ3v) is 8.51. The van der Waals surface area contributed by atoms with E-state index in [1.165, 1.54) is 0 Å². The number of carbonyl (C=O) groups is 2. The molecule has 0 radical (unpaired) electrons. The molecule has 214 valence electrons. The number of nitrogens with one attached hydrogen (secondary N) is 2. The van der Waals surface area contributed by atoms with Crippen LogP contribution in [0.3, 0.4) is 0 Å². The zero-order valence-corrected chi connectivity index (χ0v) is 24.4. The fourth-order valence-corrected chi connectivity index (χ4v) is 6.14. The van der Waals surface area contributed by atoms with E-state index in [-0.39, 0.29) is 11.6 Å². The van der Waals surface area contributed by atoms with Gasteiger partial charge in [0.1, 0.15) is 34.2 Å². The summed E-state index contributed by atoms with van der Waals surface area (Å²) in [6, 6.07) is 27.4. The number of quaternary nitrogens is 2. The van der Waals surface area contributed by atoms with Gasteiger partial charge < -0.3 is 9.47 Å². The summed E-state index contributed by atoms with van der Waals surface area (Å²) in [6.45, 7) is 1.29. The summed E-state index contributed by atoms with van der Waals surface area (Å²) in [6.07, 6.45) is 6.48. The Balaban J connectivity index is 0.887. The van der Waals surface area contributed by atoms with E-state index in [1.807, 2.05) is 84.9 Å². The van der Waals surface area contributed by atoms with Crippen LogP contribution in [0.5, 0.6) is 11.5 Å². The topological polar surface area (TPSA) is 61.5 Å². The number of hydrogen-bond acceptors (Lipinski definition) is 4. The van der Waals surface area contributed by atoms with E-state index in [4.69, 9.17) is 9.47 Å². The van der Waals surface area contributed by atoms with Crippen LogP contribution in [-0.4, -0.2) is 38.9 Å². The molecule has 4 aromatic rings. The molecule has 0 amide bonds. The number of fused-ring (bicyclic) bond motifs is 4. The number of para-hydroxylation sites is 2. The summed E-state index contributed by atoms with van der Waals surface area (Å²) in [5, 5.41) is 0. The maximum atomic E-state index is 13.0. The lowest BCUT2D eigenvalue weighted by Crippen LogP contribution is -2.99. The number of ketones is 2. The SMILES string of the molecule is C[NH+]1c2ccccc2C(=O)c2cc(OCCCCCCCCOc3ccc4c(c3)C(=O)c3ccccc3[NH+]4C)ccc21. The summed E-state index contributed by atoms with van der Waals surface area (Å²) in [7, 11) is 4.15. The van der Waals surface area contributed by atoms with Crippen LogP contribution in [0.4, 0.5) is 22.7 Å². The molecule has 2 N–H and O–H groups in total. The van der Waals surface area contributed by atoms with Crippen LogP contribution in [-0.2, 0) is 0 Å². The van der Waals surface area contributed by atoms with Crippen molar-refractivity contribution < 1.29 is 28.9 Å². The lowest BCUT2D eigenvalue weighted by atomic mass is 9.94. The van der Waals surface area contributed by atoms with Gasteiger partial charge in [-0.3, -0.25) is 19.4 Å². The van der Waals surface area contributed by atoms with Crippen molar-refractivity contribution in [2.45, 2.75) is 38.5 Å². The summed E-state index contributed by atoms with van der Waals surface area (Å²) < 4.78 is 12.0. The highest BCUT2D eigenvalue weighted by molar-refractivity contribution is 6.16. The van der Waals surface area contributed by atoms with Crippen molar-refractivity contribution in [1.82, 2.24) is 0 Å². The van der Waals surface area contributed by atoms with Crippen LogP contribution < -0.4 is 19.3 Å². The molecule has 0 spiro atoms. The first-order chi connectivity index (χ1) is 20.5. The minimum absolute atomic E-state index is 0.0696. The highest BCUT2D eigenvalue weighted by atomic mass is 16.5. The third-order valence-electron chi connectivity index (χ3n) is 8.51. The monoisotopic (exact) mass is 562 g/mol. The van der Waals surface area contributed by atoms with Crippen molar-refractivity contribution in [2.75, 3.05) is 27.3 Å². The van der Waals surface area contributed by atoms with Gasteiger partial charge in [0, 0.05) is 24.3 Å². The van der Waals surface area contributed by atoms with Gasteiger partial charge in [0.15, 0.2) is 0 Å². The molecule has 2 aliphatic rings. The maximum absolute atomic E-state index is 13.0. The van der Waals surface area contributed by atoms with Gasteiger partial charge in [-0.25, -0.2) is 0 Å². The molecule has 0 aromatic heterocycles. The van der Waals surface area contributed by atoms with Gasteiger partial charge in [0.25, 0.3) is 0 Å². The standard InChI is InChI=1S/C36H36N2O4/c1-37-31-15-9-7-13-27(31)35(39)29-23-25(17-19-33(29)37)41-21-11-5-3-4-6-12-22-42-26-18-20-34-30(24-26)36(40)28-14-8-10-16-32(28)38(34)2/h7-10,13-20,23-24H,3-6,11-12,21-22H2,1-2H3/p+2. The molecule has 2 aliphatic heterocycles. The molecule has 0 aliphatic carbocycles. The number of hydrogen-bond donors (Lipinski definition) is 2. The fraction of sp³-hybridized carbons (Fsp3) is 0.278. The Labute approximate surface area is 247 Å². The Hall–Kier alpha value is -4.26. The Bertz CT molecular complexity index is 1510. The highest BCUT2D eigenvalue weighted by Crippen LogP contribution is 2.31. The van der Waals surface area contributed by atoms with Crippen LogP contribution in [0.15, 0.2) is 84.9 Å². The zero-order chi connectivity index (χ0) is 29.1. The van der Waals surface area contributed by atoms with Gasteiger partial charge >= 0.3 is 0 Å². The number of unbranched alkanes of at least 4 members (excludes halogenated alkanes) is 5. The molecule has 0 saturated carbocycles. The van der Waals surface area contributed by atoms with Gasteiger partial charge in [-0.05, 0) is 49.2 Å². The molecule has 0 bridgehead atoms. The van der Waals surface area contributed by atoms with Crippen molar-refractivity contribution in [3.63, 3.8) is 0 Å². The van der Waals surface area contributed by atoms with Gasteiger partial charge in [-0.1, -0.05) is 49.9 Å². The molecular weight excluding hydrogens is 524 g/mol. The Morgan fingerprint density at radius 3 is 1.31 bits per heavy atom. The van der Waals surface area contributed by atoms with E-state index in [2.05, 4.69) is 14.1 Å². The number of carbonyl (C=O) groups excluding carboxylic acids is 2. The molecule has 2 unspecified atom stereocenters. The molecule has 6 heteroatoms. The fourth-order valence-electron chi connectivity index (χ4n) is 6.14. The second-order valence-electron chi connectivity index (χ2n) is 11.2. The van der Waals surface area contributed by atoms with Crippen molar-refractivity contribution >= 4 is 34.3 Å². The summed E-state index contributed by atoms with van der Waals surface area (Å²) in [5.41, 5.74) is 7.02.